The molecule has 1 unspecified atom stereocenters. The number of hydrogen-bond acceptors (Lipinski definition) is 1. The van der Waals surface area contributed by atoms with E-state index in [4.69, 9.17) is 4.42 Å². The summed E-state index contributed by atoms with van der Waals surface area (Å²) in [6.45, 7) is 0. The lowest BCUT2D eigenvalue weighted by molar-refractivity contribution is 0.670. The first kappa shape index (κ1) is 25.1. The molecule has 1 atom stereocenters. The fraction of sp³-hybridized carbons (Fsp3) is 0.0698. The van der Waals surface area contributed by atoms with Crippen molar-refractivity contribution in [2.75, 3.05) is 0 Å². The maximum absolute atomic E-state index is 6.41. The zero-order chi connectivity index (χ0) is 29.1. The third kappa shape index (κ3) is 3.59. The highest BCUT2D eigenvalue weighted by atomic mass is 16.3. The minimum atomic E-state index is -0.405. The Bertz CT molecular complexity index is 2260. The molecule has 2 aliphatic carbocycles. The van der Waals surface area contributed by atoms with E-state index in [2.05, 4.69) is 152 Å². The molecule has 0 saturated heterocycles. The first-order valence-corrected chi connectivity index (χ1v) is 15.5. The van der Waals surface area contributed by atoms with Crippen molar-refractivity contribution in [3.63, 3.8) is 0 Å². The summed E-state index contributed by atoms with van der Waals surface area (Å²) >= 11 is 0. The second kappa shape index (κ2) is 9.82. The van der Waals surface area contributed by atoms with Gasteiger partial charge in [0.05, 0.1) is 5.41 Å². The van der Waals surface area contributed by atoms with Crippen LogP contribution in [-0.4, -0.2) is 0 Å². The summed E-state index contributed by atoms with van der Waals surface area (Å²) in [6.07, 6.45) is 6.90. The van der Waals surface area contributed by atoms with E-state index < -0.39 is 5.41 Å². The highest BCUT2D eigenvalue weighted by molar-refractivity contribution is 6.09. The quantitative estimate of drug-likeness (QED) is 0.208. The van der Waals surface area contributed by atoms with Crippen LogP contribution in [0.15, 0.2) is 168 Å². The summed E-state index contributed by atoms with van der Waals surface area (Å²) in [5, 5.41) is 2.31. The summed E-state index contributed by atoms with van der Waals surface area (Å²) in [4.78, 5) is 0. The van der Waals surface area contributed by atoms with E-state index in [0.29, 0.717) is 0 Å². The molecular weight excluding hydrogens is 532 g/mol. The molecule has 0 spiro atoms. The highest BCUT2D eigenvalue weighted by Crippen LogP contribution is 2.57. The number of furan rings is 1. The van der Waals surface area contributed by atoms with Gasteiger partial charge in [-0.2, -0.15) is 0 Å². The largest absolute Gasteiger partial charge is 0.455 e. The minimum Gasteiger partial charge on any atom is -0.455 e. The van der Waals surface area contributed by atoms with Crippen molar-refractivity contribution >= 4 is 27.5 Å². The molecule has 6 aromatic carbocycles. The summed E-state index contributed by atoms with van der Waals surface area (Å²) in [6, 6.07) is 53.0. The van der Waals surface area contributed by atoms with Gasteiger partial charge in [0, 0.05) is 16.3 Å². The summed E-state index contributed by atoms with van der Waals surface area (Å²) in [5.41, 5.74) is 14.4. The Morgan fingerprint density at radius 2 is 1.25 bits per heavy atom. The van der Waals surface area contributed by atoms with Gasteiger partial charge in [-0.15, -0.1) is 0 Å². The van der Waals surface area contributed by atoms with E-state index in [-0.39, 0.29) is 0 Å². The van der Waals surface area contributed by atoms with Gasteiger partial charge >= 0.3 is 0 Å². The van der Waals surface area contributed by atoms with E-state index in [9.17, 15) is 0 Å². The van der Waals surface area contributed by atoms with E-state index in [1.165, 1.54) is 44.5 Å². The van der Waals surface area contributed by atoms with Gasteiger partial charge in [0.25, 0.3) is 0 Å². The Morgan fingerprint density at radius 1 is 0.523 bits per heavy atom. The molecule has 1 aromatic heterocycles. The number of rotatable bonds is 4. The third-order valence-electron chi connectivity index (χ3n) is 9.67. The topological polar surface area (TPSA) is 13.1 Å². The van der Waals surface area contributed by atoms with E-state index in [0.717, 1.165) is 45.9 Å². The van der Waals surface area contributed by atoms with Crippen molar-refractivity contribution in [3.8, 4) is 22.3 Å². The van der Waals surface area contributed by atoms with Crippen molar-refractivity contribution in [3.05, 3.63) is 186 Å². The molecule has 44 heavy (non-hydrogen) atoms. The van der Waals surface area contributed by atoms with E-state index >= 15 is 0 Å². The smallest absolute Gasteiger partial charge is 0.143 e. The molecule has 0 radical (unpaired) electrons. The lowest BCUT2D eigenvalue weighted by atomic mass is 9.66. The van der Waals surface area contributed by atoms with Crippen LogP contribution in [0.25, 0.3) is 49.8 Å². The molecular formula is C43H30O. The molecule has 1 nitrogen and oxygen atoms in total. The molecule has 0 N–H and O–H groups in total. The predicted molar refractivity (Wildman–Crippen MR) is 183 cm³/mol. The maximum atomic E-state index is 6.41. The fourth-order valence-corrected chi connectivity index (χ4v) is 7.74. The van der Waals surface area contributed by atoms with Crippen molar-refractivity contribution in [1.29, 1.82) is 0 Å². The van der Waals surface area contributed by atoms with Gasteiger partial charge in [-0.3, -0.25) is 0 Å². The van der Waals surface area contributed by atoms with Gasteiger partial charge in [-0.1, -0.05) is 146 Å². The third-order valence-corrected chi connectivity index (χ3v) is 9.67. The molecule has 2 aliphatic rings. The van der Waals surface area contributed by atoms with Gasteiger partial charge in [-0.05, 0) is 75.1 Å². The Balaban J connectivity index is 1.27. The average Bonchev–Trinajstić information content (AvgIpc) is 3.63. The molecule has 7 aromatic rings. The van der Waals surface area contributed by atoms with Gasteiger partial charge in [0.2, 0.25) is 0 Å². The van der Waals surface area contributed by atoms with E-state index in [1.54, 1.807) is 0 Å². The summed E-state index contributed by atoms with van der Waals surface area (Å²) in [7, 11) is 0. The molecule has 0 saturated carbocycles. The Labute approximate surface area is 257 Å². The van der Waals surface area contributed by atoms with Crippen LogP contribution in [0.2, 0.25) is 0 Å². The van der Waals surface area contributed by atoms with Crippen LogP contribution in [0.3, 0.4) is 0 Å². The van der Waals surface area contributed by atoms with Crippen LogP contribution in [-0.2, 0) is 5.41 Å². The standard InChI is InChI=1S/C43H30O/c1-2-12-29(13-3-1)31-14-10-15-33(28-31)43(39-21-7-4-16-35(39)36-17-5-8-22-40(36)43)32-26-24-30(25-27-32)34-19-11-20-38-37-18-6-9-23-41(37)44-42(34)38/h1-4,6-16,18-28H,5,17H2. The maximum Gasteiger partial charge on any atom is 0.143 e. The van der Waals surface area contributed by atoms with Crippen LogP contribution in [0.5, 0.6) is 0 Å². The van der Waals surface area contributed by atoms with Gasteiger partial charge in [0.1, 0.15) is 11.2 Å². The zero-order valence-corrected chi connectivity index (χ0v) is 24.3. The number of para-hydroxylation sites is 2. The van der Waals surface area contributed by atoms with Crippen LogP contribution in [0, 0.1) is 0 Å². The van der Waals surface area contributed by atoms with Crippen molar-refractivity contribution in [1.82, 2.24) is 0 Å². The van der Waals surface area contributed by atoms with Gasteiger partial charge < -0.3 is 4.42 Å². The van der Waals surface area contributed by atoms with Gasteiger partial charge in [0.15, 0.2) is 0 Å². The van der Waals surface area contributed by atoms with Crippen LogP contribution < -0.4 is 0 Å². The lowest BCUT2D eigenvalue weighted by Gasteiger charge is -2.36. The monoisotopic (exact) mass is 562 g/mol. The summed E-state index contributed by atoms with van der Waals surface area (Å²) < 4.78 is 6.41. The molecule has 0 aliphatic heterocycles. The molecule has 1 heteroatoms. The second-order valence-electron chi connectivity index (χ2n) is 11.9. The Kier molecular flexibility index (Phi) is 5.61. The molecule has 1 heterocycles. The lowest BCUT2D eigenvalue weighted by Crippen LogP contribution is -2.29. The first-order valence-electron chi connectivity index (χ1n) is 15.5. The second-order valence-corrected chi connectivity index (χ2v) is 11.9. The Morgan fingerprint density at radius 3 is 2.16 bits per heavy atom. The molecule has 9 rings (SSSR count). The molecule has 0 bridgehead atoms. The predicted octanol–water partition coefficient (Wildman–Crippen LogP) is 11.4. The summed E-state index contributed by atoms with van der Waals surface area (Å²) in [5.74, 6) is 0. The number of benzene rings is 6. The average molecular weight is 563 g/mol. The normalized spacial score (nSPS) is 17.3. The number of hydrogen-bond donors (Lipinski definition) is 0. The van der Waals surface area contributed by atoms with Crippen LogP contribution in [0.1, 0.15) is 35.1 Å². The molecule has 208 valence electrons. The number of fused-ring (bicyclic) bond motifs is 5. The Hall–Kier alpha value is -5.40. The zero-order valence-electron chi connectivity index (χ0n) is 24.3. The highest BCUT2D eigenvalue weighted by Gasteiger charge is 2.47. The SMILES string of the molecule is C1=CC2=C(CC1)c1ccccc1C2(c1ccc(-c2cccc3c2oc2ccccc23)cc1)c1cccc(-c2ccccc2)c1. The fourth-order valence-electron chi connectivity index (χ4n) is 7.74. The van der Waals surface area contributed by atoms with Crippen molar-refractivity contribution in [2.45, 2.75) is 18.3 Å². The van der Waals surface area contributed by atoms with Crippen molar-refractivity contribution in [2.24, 2.45) is 0 Å². The van der Waals surface area contributed by atoms with Gasteiger partial charge in [-0.25, -0.2) is 0 Å². The molecule has 0 fully saturated rings. The first-order chi connectivity index (χ1) is 21.8. The minimum absolute atomic E-state index is 0.405. The molecule has 0 amide bonds. The van der Waals surface area contributed by atoms with Crippen LogP contribution in [0.4, 0.5) is 0 Å². The number of allylic oxidation sites excluding steroid dienone is 4. The van der Waals surface area contributed by atoms with Crippen LogP contribution >= 0.6 is 0 Å². The van der Waals surface area contributed by atoms with Crippen molar-refractivity contribution < 1.29 is 4.42 Å². The van der Waals surface area contributed by atoms with E-state index in [1.807, 2.05) is 6.07 Å².